The minimum Gasteiger partial charge on any atom is -0.410 e. The summed E-state index contributed by atoms with van der Waals surface area (Å²) in [6, 6.07) is 5.86. The number of carbonyl (C=O) groups excluding carboxylic acids is 2. The van der Waals surface area contributed by atoms with E-state index in [2.05, 4.69) is 18.5 Å². The van der Waals surface area contributed by atoms with Crippen LogP contribution in [0.15, 0.2) is 55.3 Å². The zero-order chi connectivity index (χ0) is 18.5. The topological polar surface area (TPSA) is 61.9 Å². The van der Waals surface area contributed by atoms with Crippen molar-refractivity contribution in [3.8, 4) is 0 Å². The molecule has 1 aromatic rings. The molecule has 2 aliphatic heterocycles. The third kappa shape index (κ3) is 3.70. The number of carbonyl (C=O) groups is 2. The summed E-state index contributed by atoms with van der Waals surface area (Å²) in [6.45, 7) is 10.6. The van der Waals surface area contributed by atoms with Crippen LogP contribution in [0.5, 0.6) is 0 Å². The van der Waals surface area contributed by atoms with Crippen molar-refractivity contribution in [2.45, 2.75) is 13.1 Å². The van der Waals surface area contributed by atoms with Crippen LogP contribution in [0, 0.1) is 0 Å². The van der Waals surface area contributed by atoms with E-state index in [4.69, 9.17) is 4.74 Å². The summed E-state index contributed by atoms with van der Waals surface area (Å²) in [7, 11) is 0. The second-order valence-electron chi connectivity index (χ2n) is 6.20. The maximum atomic E-state index is 12.9. The van der Waals surface area contributed by atoms with E-state index in [-0.39, 0.29) is 5.91 Å². The number of allylic oxidation sites excluding steroid dienone is 3. The van der Waals surface area contributed by atoms with Crippen LogP contribution < -0.4 is 5.32 Å². The van der Waals surface area contributed by atoms with Gasteiger partial charge in [0, 0.05) is 44.8 Å². The Bertz CT molecular complexity index is 762. The molecule has 0 atom stereocenters. The van der Waals surface area contributed by atoms with Crippen LogP contribution in [-0.2, 0) is 17.8 Å². The Hall–Kier alpha value is -2.86. The van der Waals surface area contributed by atoms with Gasteiger partial charge < -0.3 is 19.9 Å². The number of nitrogens with zero attached hydrogens (tertiary/aromatic N) is 2. The Morgan fingerprint density at radius 3 is 2.50 bits per heavy atom. The number of fused-ring (bicyclic) bond motifs is 1. The fourth-order valence-electron chi connectivity index (χ4n) is 3.22. The second kappa shape index (κ2) is 8.01. The smallest absolute Gasteiger partial charge is 0.410 e. The van der Waals surface area contributed by atoms with Gasteiger partial charge in [-0.2, -0.15) is 0 Å². The molecule has 136 valence electrons. The third-order valence-electron chi connectivity index (χ3n) is 4.63. The van der Waals surface area contributed by atoms with E-state index in [1.165, 1.54) is 17.7 Å². The largest absolute Gasteiger partial charge is 0.415 e. The highest BCUT2D eigenvalue weighted by atomic mass is 16.6. The van der Waals surface area contributed by atoms with Crippen LogP contribution in [0.4, 0.5) is 4.79 Å². The van der Waals surface area contributed by atoms with Crippen molar-refractivity contribution in [3.63, 3.8) is 0 Å². The molecule has 0 unspecified atom stereocenters. The molecule has 0 aliphatic carbocycles. The Labute approximate surface area is 153 Å². The SMILES string of the molecule is C=C/C=C(\C=C)OC(=O)N1CCN(C(=O)c2cccc3c2CNC3)CC1. The average molecular weight is 353 g/mol. The fourth-order valence-corrected chi connectivity index (χ4v) is 3.22. The van der Waals surface area contributed by atoms with E-state index < -0.39 is 6.09 Å². The fraction of sp³-hybridized carbons (Fsp3) is 0.300. The summed E-state index contributed by atoms with van der Waals surface area (Å²) in [5, 5.41) is 3.28. The summed E-state index contributed by atoms with van der Waals surface area (Å²) in [4.78, 5) is 28.5. The molecule has 0 bridgehead atoms. The second-order valence-corrected chi connectivity index (χ2v) is 6.20. The molecule has 26 heavy (non-hydrogen) atoms. The summed E-state index contributed by atoms with van der Waals surface area (Å²) in [5.74, 6) is 0.382. The van der Waals surface area contributed by atoms with Crippen LogP contribution in [-0.4, -0.2) is 48.0 Å². The van der Waals surface area contributed by atoms with Gasteiger partial charge in [0.25, 0.3) is 5.91 Å². The Morgan fingerprint density at radius 2 is 1.81 bits per heavy atom. The maximum absolute atomic E-state index is 12.9. The Morgan fingerprint density at radius 1 is 1.08 bits per heavy atom. The van der Waals surface area contributed by atoms with Gasteiger partial charge in [0.05, 0.1) is 0 Å². The van der Waals surface area contributed by atoms with E-state index >= 15 is 0 Å². The van der Waals surface area contributed by atoms with Crippen LogP contribution in [0.25, 0.3) is 0 Å². The zero-order valence-electron chi connectivity index (χ0n) is 14.7. The number of ether oxygens (including phenoxy) is 1. The highest BCUT2D eigenvalue weighted by molar-refractivity contribution is 5.96. The number of benzene rings is 1. The molecule has 0 saturated carbocycles. The zero-order valence-corrected chi connectivity index (χ0v) is 14.7. The van der Waals surface area contributed by atoms with Crippen molar-refractivity contribution in [2.24, 2.45) is 0 Å². The molecule has 0 radical (unpaired) electrons. The van der Waals surface area contributed by atoms with Crippen molar-refractivity contribution in [1.29, 1.82) is 0 Å². The van der Waals surface area contributed by atoms with Crippen molar-refractivity contribution >= 4 is 12.0 Å². The Balaban J connectivity index is 1.60. The molecule has 2 aliphatic rings. The van der Waals surface area contributed by atoms with E-state index in [0.717, 1.165) is 24.2 Å². The average Bonchev–Trinajstić information content (AvgIpc) is 3.16. The summed E-state index contributed by atoms with van der Waals surface area (Å²) >= 11 is 0. The van der Waals surface area contributed by atoms with Crippen molar-refractivity contribution in [1.82, 2.24) is 15.1 Å². The first kappa shape index (κ1) is 17.9. The number of hydrogen-bond donors (Lipinski definition) is 1. The minimum absolute atomic E-state index is 0.0249. The molecule has 2 amide bonds. The van der Waals surface area contributed by atoms with Crippen LogP contribution in [0.1, 0.15) is 21.5 Å². The van der Waals surface area contributed by atoms with Gasteiger partial charge in [-0.3, -0.25) is 4.79 Å². The standard InChI is InChI=1S/C20H23N3O3/c1-3-6-16(4-2)26-20(25)23-11-9-22(10-12-23)19(24)17-8-5-7-15-13-21-14-18(15)17/h3-8,21H,1-2,9-14H2/b16-6+. The number of nitrogens with one attached hydrogen (secondary N) is 1. The van der Waals surface area contributed by atoms with Crippen molar-refractivity contribution in [2.75, 3.05) is 26.2 Å². The van der Waals surface area contributed by atoms with Gasteiger partial charge in [0.2, 0.25) is 0 Å². The van der Waals surface area contributed by atoms with E-state index in [1.54, 1.807) is 15.9 Å². The van der Waals surface area contributed by atoms with E-state index in [9.17, 15) is 9.59 Å². The first-order valence-electron chi connectivity index (χ1n) is 8.66. The van der Waals surface area contributed by atoms with Gasteiger partial charge in [0.15, 0.2) is 0 Å². The van der Waals surface area contributed by atoms with Gasteiger partial charge in [0.1, 0.15) is 5.76 Å². The van der Waals surface area contributed by atoms with Crippen LogP contribution in [0.2, 0.25) is 0 Å². The molecule has 6 heteroatoms. The maximum Gasteiger partial charge on any atom is 0.415 e. The predicted molar refractivity (Wildman–Crippen MR) is 99.4 cm³/mol. The molecule has 6 nitrogen and oxygen atoms in total. The van der Waals surface area contributed by atoms with Gasteiger partial charge in [-0.15, -0.1) is 0 Å². The molecule has 0 aromatic heterocycles. The van der Waals surface area contributed by atoms with Crippen LogP contribution >= 0.6 is 0 Å². The van der Waals surface area contributed by atoms with Gasteiger partial charge in [-0.1, -0.05) is 31.4 Å². The molecule has 3 rings (SSSR count). The number of amides is 2. The third-order valence-corrected chi connectivity index (χ3v) is 4.63. The first-order valence-corrected chi connectivity index (χ1v) is 8.66. The number of rotatable bonds is 4. The number of hydrogen-bond acceptors (Lipinski definition) is 4. The lowest BCUT2D eigenvalue weighted by Crippen LogP contribution is -2.50. The summed E-state index contributed by atoms with van der Waals surface area (Å²) in [5.41, 5.74) is 3.03. The minimum atomic E-state index is -0.435. The summed E-state index contributed by atoms with van der Waals surface area (Å²) < 4.78 is 5.27. The summed E-state index contributed by atoms with van der Waals surface area (Å²) in [6.07, 6.45) is 4.14. The molecule has 1 fully saturated rings. The van der Waals surface area contributed by atoms with Crippen LogP contribution in [0.3, 0.4) is 0 Å². The molecule has 2 heterocycles. The molecular formula is C20H23N3O3. The normalized spacial score (nSPS) is 16.8. The highest BCUT2D eigenvalue weighted by Gasteiger charge is 2.28. The highest BCUT2D eigenvalue weighted by Crippen LogP contribution is 2.22. The predicted octanol–water partition coefficient (Wildman–Crippen LogP) is 2.44. The van der Waals surface area contributed by atoms with Gasteiger partial charge in [-0.25, -0.2) is 4.79 Å². The van der Waals surface area contributed by atoms with Crippen molar-refractivity contribution in [3.05, 3.63) is 72.0 Å². The molecular weight excluding hydrogens is 330 g/mol. The van der Waals surface area contributed by atoms with E-state index in [1.807, 2.05) is 18.2 Å². The quantitative estimate of drug-likeness (QED) is 0.667. The monoisotopic (exact) mass is 353 g/mol. The van der Waals surface area contributed by atoms with Crippen molar-refractivity contribution < 1.29 is 14.3 Å². The molecule has 1 N–H and O–H groups in total. The lowest BCUT2D eigenvalue weighted by atomic mass is 10.0. The lowest BCUT2D eigenvalue weighted by molar-refractivity contribution is 0.0609. The van der Waals surface area contributed by atoms with Gasteiger partial charge in [-0.05, 0) is 29.3 Å². The first-order chi connectivity index (χ1) is 12.6. The molecule has 1 aromatic carbocycles. The molecule has 0 spiro atoms. The Kier molecular flexibility index (Phi) is 5.53. The van der Waals surface area contributed by atoms with Gasteiger partial charge >= 0.3 is 6.09 Å². The van der Waals surface area contributed by atoms with E-state index in [0.29, 0.717) is 31.9 Å². The number of piperazine rings is 1. The molecule has 1 saturated heterocycles. The lowest BCUT2D eigenvalue weighted by Gasteiger charge is -2.34.